The normalized spacial score (nSPS) is 20.6. The molecule has 0 unspecified atom stereocenters. The van der Waals surface area contributed by atoms with E-state index in [0.717, 1.165) is 6.08 Å². The van der Waals surface area contributed by atoms with Gasteiger partial charge in [-0.15, -0.1) is 0 Å². The highest BCUT2D eigenvalue weighted by atomic mass is 16.6. The Kier molecular flexibility index (Phi) is 6.16. The third kappa shape index (κ3) is 5.20. The van der Waals surface area contributed by atoms with E-state index in [9.17, 15) is 35.1 Å². The van der Waals surface area contributed by atoms with Crippen molar-refractivity contribution in [2.75, 3.05) is 0 Å². The minimum atomic E-state index is -1.47. The SMILES string of the molecule is O=C(/C=C/c1ccc(O)c(O)c1)O[C@@H](CC1=C[C@H](O)[C@@H](O)C=C1)C(=O)O. The molecule has 1 aliphatic carbocycles. The molecule has 8 nitrogen and oxygen atoms in total. The van der Waals surface area contributed by atoms with E-state index in [2.05, 4.69) is 0 Å². The lowest BCUT2D eigenvalue weighted by Crippen LogP contribution is -2.29. The van der Waals surface area contributed by atoms with Gasteiger partial charge in [0.25, 0.3) is 0 Å². The molecule has 1 aliphatic rings. The van der Waals surface area contributed by atoms with Gasteiger partial charge in [0.2, 0.25) is 6.10 Å². The standard InChI is InChI=1S/C18H18O8/c19-12-4-1-10(7-14(12)21)3-6-17(23)26-16(18(24)25)9-11-2-5-13(20)15(22)8-11/h1-8,13,15-16,19-22H,9H2,(H,24,25)/b6-3+/t13-,15-,16-/m0/s1. The van der Waals surface area contributed by atoms with Gasteiger partial charge in [-0.1, -0.05) is 18.2 Å². The van der Waals surface area contributed by atoms with E-state index in [1.807, 2.05) is 0 Å². The molecule has 8 heteroatoms. The van der Waals surface area contributed by atoms with Crippen molar-refractivity contribution in [1.29, 1.82) is 0 Å². The molecule has 0 aliphatic heterocycles. The van der Waals surface area contributed by atoms with Crippen LogP contribution in [0.15, 0.2) is 48.1 Å². The largest absolute Gasteiger partial charge is 0.504 e. The number of carbonyl (C=O) groups excluding carboxylic acids is 1. The fourth-order valence-corrected chi connectivity index (χ4v) is 2.23. The molecule has 0 amide bonds. The average Bonchev–Trinajstić information content (AvgIpc) is 2.58. The van der Waals surface area contributed by atoms with E-state index in [0.29, 0.717) is 11.1 Å². The zero-order chi connectivity index (χ0) is 19.3. The van der Waals surface area contributed by atoms with Crippen molar-refractivity contribution in [2.24, 2.45) is 0 Å². The molecule has 0 fully saturated rings. The maximum absolute atomic E-state index is 11.8. The zero-order valence-corrected chi connectivity index (χ0v) is 13.5. The van der Waals surface area contributed by atoms with Gasteiger partial charge >= 0.3 is 11.9 Å². The van der Waals surface area contributed by atoms with Gasteiger partial charge in [-0.05, 0) is 35.4 Å². The summed E-state index contributed by atoms with van der Waals surface area (Å²) in [7, 11) is 0. The Morgan fingerprint density at radius 1 is 1.15 bits per heavy atom. The molecule has 5 N–H and O–H groups in total. The fraction of sp³-hybridized carbons (Fsp3) is 0.222. The summed E-state index contributed by atoms with van der Waals surface area (Å²) in [5, 5.41) is 46.7. The van der Waals surface area contributed by atoms with Gasteiger partial charge in [0.1, 0.15) is 12.2 Å². The van der Waals surface area contributed by atoms with Crippen LogP contribution in [-0.4, -0.2) is 55.8 Å². The number of hydrogen-bond acceptors (Lipinski definition) is 7. The summed E-state index contributed by atoms with van der Waals surface area (Å²) in [4.78, 5) is 23.1. The van der Waals surface area contributed by atoms with Crippen LogP contribution < -0.4 is 0 Å². The molecule has 3 atom stereocenters. The molecule has 0 spiro atoms. The Hall–Kier alpha value is -3.10. The van der Waals surface area contributed by atoms with Gasteiger partial charge in [0.05, 0.1) is 0 Å². The summed E-state index contributed by atoms with van der Waals surface area (Å²) in [5.74, 6) is -2.94. The highest BCUT2D eigenvalue weighted by Gasteiger charge is 2.24. The predicted octanol–water partition coefficient (Wildman–Crippen LogP) is 0.715. The molecule has 0 aromatic heterocycles. The summed E-state index contributed by atoms with van der Waals surface area (Å²) in [6.07, 6.45) is 2.49. The molecule has 0 saturated carbocycles. The average molecular weight is 362 g/mol. The van der Waals surface area contributed by atoms with Crippen LogP contribution in [0.2, 0.25) is 0 Å². The summed E-state index contributed by atoms with van der Waals surface area (Å²) in [5.41, 5.74) is 0.814. The van der Waals surface area contributed by atoms with Gasteiger partial charge in [-0.25, -0.2) is 9.59 Å². The van der Waals surface area contributed by atoms with E-state index >= 15 is 0 Å². The third-order valence-electron chi connectivity index (χ3n) is 3.61. The van der Waals surface area contributed by atoms with E-state index < -0.39 is 30.3 Å². The molecular weight excluding hydrogens is 344 g/mol. The van der Waals surface area contributed by atoms with Crippen LogP contribution in [0.1, 0.15) is 12.0 Å². The van der Waals surface area contributed by atoms with Crippen molar-refractivity contribution < 1.29 is 39.9 Å². The highest BCUT2D eigenvalue weighted by Crippen LogP contribution is 2.25. The Bertz CT molecular complexity index is 777. The first-order chi connectivity index (χ1) is 12.3. The molecule has 0 radical (unpaired) electrons. The van der Waals surface area contributed by atoms with Crippen molar-refractivity contribution in [3.05, 3.63) is 53.6 Å². The monoisotopic (exact) mass is 362 g/mol. The number of benzene rings is 1. The molecule has 1 aromatic carbocycles. The van der Waals surface area contributed by atoms with E-state index in [1.165, 1.54) is 42.5 Å². The molecule has 138 valence electrons. The number of phenolic OH excluding ortho intramolecular Hbond substituents is 2. The van der Waals surface area contributed by atoms with Crippen LogP contribution in [0, 0.1) is 0 Å². The van der Waals surface area contributed by atoms with Crippen molar-refractivity contribution in [1.82, 2.24) is 0 Å². The van der Waals surface area contributed by atoms with Gasteiger partial charge in [0.15, 0.2) is 11.5 Å². The molecule has 2 rings (SSSR count). The number of carbonyl (C=O) groups is 2. The summed E-state index contributed by atoms with van der Waals surface area (Å²) in [6.45, 7) is 0. The number of carboxylic acid groups (broad SMARTS) is 1. The quantitative estimate of drug-likeness (QED) is 0.283. The molecule has 1 aromatic rings. The number of rotatable bonds is 6. The van der Waals surface area contributed by atoms with Crippen LogP contribution in [0.3, 0.4) is 0 Å². The van der Waals surface area contributed by atoms with Crippen LogP contribution in [0.5, 0.6) is 11.5 Å². The van der Waals surface area contributed by atoms with Crippen molar-refractivity contribution in [3.63, 3.8) is 0 Å². The Balaban J connectivity index is 2.00. The summed E-state index contributed by atoms with van der Waals surface area (Å²) < 4.78 is 4.90. The maximum Gasteiger partial charge on any atom is 0.345 e. The first kappa shape index (κ1) is 19.2. The number of aromatic hydroxyl groups is 2. The molecule has 0 saturated heterocycles. The lowest BCUT2D eigenvalue weighted by atomic mass is 9.98. The second kappa shape index (κ2) is 8.32. The number of aliphatic hydroxyl groups excluding tert-OH is 2. The van der Waals surface area contributed by atoms with Gasteiger partial charge in [0, 0.05) is 12.5 Å². The van der Waals surface area contributed by atoms with Crippen molar-refractivity contribution in [3.8, 4) is 11.5 Å². The third-order valence-corrected chi connectivity index (χ3v) is 3.61. The number of phenols is 2. The minimum absolute atomic E-state index is 0.171. The second-order valence-corrected chi connectivity index (χ2v) is 5.63. The Morgan fingerprint density at radius 3 is 2.50 bits per heavy atom. The topological polar surface area (TPSA) is 145 Å². The van der Waals surface area contributed by atoms with Gasteiger partial charge < -0.3 is 30.3 Å². The van der Waals surface area contributed by atoms with Crippen molar-refractivity contribution in [2.45, 2.75) is 24.7 Å². The van der Waals surface area contributed by atoms with Gasteiger partial charge in [-0.2, -0.15) is 0 Å². The second-order valence-electron chi connectivity index (χ2n) is 5.63. The lowest BCUT2D eigenvalue weighted by Gasteiger charge is -2.19. The molecular formula is C18H18O8. The first-order valence-electron chi connectivity index (χ1n) is 7.65. The van der Waals surface area contributed by atoms with Crippen LogP contribution >= 0.6 is 0 Å². The highest BCUT2D eigenvalue weighted by molar-refractivity contribution is 5.89. The number of ether oxygens (including phenoxy) is 1. The number of hydrogen-bond donors (Lipinski definition) is 5. The van der Waals surface area contributed by atoms with E-state index in [1.54, 1.807) is 0 Å². The molecule has 26 heavy (non-hydrogen) atoms. The number of esters is 1. The number of aliphatic carboxylic acids is 1. The lowest BCUT2D eigenvalue weighted by molar-refractivity contribution is -0.160. The number of allylic oxidation sites excluding steroid dienone is 1. The molecule has 0 bridgehead atoms. The van der Waals surface area contributed by atoms with E-state index in [-0.39, 0.29) is 17.9 Å². The number of aliphatic hydroxyl groups is 2. The van der Waals surface area contributed by atoms with Crippen LogP contribution in [0.4, 0.5) is 0 Å². The minimum Gasteiger partial charge on any atom is -0.504 e. The zero-order valence-electron chi connectivity index (χ0n) is 13.5. The van der Waals surface area contributed by atoms with Crippen LogP contribution in [0.25, 0.3) is 6.08 Å². The maximum atomic E-state index is 11.8. The summed E-state index contributed by atoms with van der Waals surface area (Å²) in [6, 6.07) is 3.90. The molecule has 0 heterocycles. The smallest absolute Gasteiger partial charge is 0.345 e. The Morgan fingerprint density at radius 2 is 1.88 bits per heavy atom. The summed E-state index contributed by atoms with van der Waals surface area (Å²) >= 11 is 0. The fourth-order valence-electron chi connectivity index (χ4n) is 2.23. The van der Waals surface area contributed by atoms with Crippen molar-refractivity contribution >= 4 is 18.0 Å². The Labute approximate surface area is 148 Å². The van der Waals surface area contributed by atoms with E-state index in [4.69, 9.17) is 4.74 Å². The predicted molar refractivity (Wildman–Crippen MR) is 90.2 cm³/mol. The van der Waals surface area contributed by atoms with Crippen LogP contribution in [-0.2, 0) is 14.3 Å². The first-order valence-corrected chi connectivity index (χ1v) is 7.65. The number of carboxylic acids is 1. The van der Waals surface area contributed by atoms with Gasteiger partial charge in [-0.3, -0.25) is 0 Å².